The topological polar surface area (TPSA) is 61.3 Å². The van der Waals surface area contributed by atoms with Crippen LogP contribution in [-0.4, -0.2) is 12.3 Å². The van der Waals surface area contributed by atoms with Gasteiger partial charge < -0.3 is 15.0 Å². The number of nitrogens with two attached hydrogens (primary N) is 1. The van der Waals surface area contributed by atoms with E-state index < -0.39 is 0 Å². The molecule has 2 aromatic rings. The highest BCUT2D eigenvalue weighted by molar-refractivity contribution is 5.75. The molecule has 1 aromatic carbocycles. The molecule has 1 heterocycles. The fourth-order valence-corrected chi connectivity index (χ4v) is 2.49. The van der Waals surface area contributed by atoms with Gasteiger partial charge in [0.15, 0.2) is 0 Å². The minimum atomic E-state index is 0.381. The monoisotopic (exact) mass is 288 g/mol. The van der Waals surface area contributed by atoms with Crippen molar-refractivity contribution >= 4 is 5.88 Å². The predicted octanol–water partition coefficient (Wildman–Crippen LogP) is 4.45. The van der Waals surface area contributed by atoms with E-state index in [4.69, 9.17) is 15.0 Å². The van der Waals surface area contributed by atoms with Gasteiger partial charge in [-0.1, -0.05) is 49.9 Å². The number of nitrogens with zero attached hydrogens (tertiary/aromatic N) is 1. The highest BCUT2D eigenvalue weighted by atomic mass is 16.5. The Hall–Kier alpha value is -1.97. The number of benzene rings is 1. The number of hydrogen-bond acceptors (Lipinski definition) is 4. The SMILES string of the molecule is CCCCCCCc1noc(N)c1-c1cccc(OC)c1. The lowest BCUT2D eigenvalue weighted by Crippen LogP contribution is -1.93. The Morgan fingerprint density at radius 2 is 2.00 bits per heavy atom. The van der Waals surface area contributed by atoms with Crippen LogP contribution in [0.5, 0.6) is 5.75 Å². The van der Waals surface area contributed by atoms with Crippen LogP contribution in [0.1, 0.15) is 44.7 Å². The van der Waals surface area contributed by atoms with Gasteiger partial charge >= 0.3 is 0 Å². The zero-order valence-corrected chi connectivity index (χ0v) is 12.9. The molecule has 4 nitrogen and oxygen atoms in total. The minimum absolute atomic E-state index is 0.381. The van der Waals surface area contributed by atoms with Crippen LogP contribution in [0.4, 0.5) is 5.88 Å². The van der Waals surface area contributed by atoms with Crippen LogP contribution in [0, 0.1) is 0 Å². The number of nitrogen functional groups attached to an aromatic ring is 1. The van der Waals surface area contributed by atoms with Crippen molar-refractivity contribution in [3.05, 3.63) is 30.0 Å². The third-order valence-electron chi connectivity index (χ3n) is 3.66. The molecule has 0 bridgehead atoms. The quantitative estimate of drug-likeness (QED) is 0.729. The van der Waals surface area contributed by atoms with Crippen LogP contribution < -0.4 is 10.5 Å². The van der Waals surface area contributed by atoms with Gasteiger partial charge in [-0.25, -0.2) is 0 Å². The number of anilines is 1. The number of aromatic nitrogens is 1. The fraction of sp³-hybridized carbons (Fsp3) is 0.471. The van der Waals surface area contributed by atoms with E-state index in [0.717, 1.165) is 35.4 Å². The van der Waals surface area contributed by atoms with Crippen LogP contribution in [-0.2, 0) is 6.42 Å². The Labute approximate surface area is 126 Å². The van der Waals surface area contributed by atoms with Crippen LogP contribution >= 0.6 is 0 Å². The van der Waals surface area contributed by atoms with Gasteiger partial charge in [-0.2, -0.15) is 0 Å². The van der Waals surface area contributed by atoms with Crippen molar-refractivity contribution in [2.45, 2.75) is 45.4 Å². The molecular weight excluding hydrogens is 264 g/mol. The molecular formula is C17H24N2O2. The van der Waals surface area contributed by atoms with Crippen molar-refractivity contribution in [3.63, 3.8) is 0 Å². The summed E-state index contributed by atoms with van der Waals surface area (Å²) in [5, 5.41) is 4.12. The number of ether oxygens (including phenoxy) is 1. The third-order valence-corrected chi connectivity index (χ3v) is 3.66. The molecule has 21 heavy (non-hydrogen) atoms. The van der Waals surface area contributed by atoms with E-state index >= 15 is 0 Å². The molecule has 2 N–H and O–H groups in total. The Morgan fingerprint density at radius 3 is 2.76 bits per heavy atom. The van der Waals surface area contributed by atoms with Gasteiger partial charge in [0, 0.05) is 0 Å². The molecule has 0 spiro atoms. The van der Waals surface area contributed by atoms with E-state index in [-0.39, 0.29) is 0 Å². The molecule has 0 atom stereocenters. The second kappa shape index (κ2) is 7.72. The van der Waals surface area contributed by atoms with Crippen molar-refractivity contribution in [1.29, 1.82) is 0 Å². The van der Waals surface area contributed by atoms with E-state index in [1.807, 2.05) is 24.3 Å². The normalized spacial score (nSPS) is 10.8. The summed E-state index contributed by atoms with van der Waals surface area (Å²) in [6.07, 6.45) is 7.06. The number of rotatable bonds is 8. The van der Waals surface area contributed by atoms with E-state index in [2.05, 4.69) is 12.1 Å². The molecule has 4 heteroatoms. The van der Waals surface area contributed by atoms with Crippen molar-refractivity contribution in [2.24, 2.45) is 0 Å². The first kappa shape index (κ1) is 15.4. The molecule has 114 valence electrons. The average molecular weight is 288 g/mol. The van der Waals surface area contributed by atoms with Gasteiger partial charge in [0.05, 0.1) is 18.4 Å². The molecule has 2 rings (SSSR count). The van der Waals surface area contributed by atoms with Gasteiger partial charge in [0.25, 0.3) is 0 Å². The van der Waals surface area contributed by atoms with Crippen LogP contribution in [0.2, 0.25) is 0 Å². The smallest absolute Gasteiger partial charge is 0.230 e. The van der Waals surface area contributed by atoms with Crippen LogP contribution in [0.25, 0.3) is 11.1 Å². The summed E-state index contributed by atoms with van der Waals surface area (Å²) in [6, 6.07) is 7.83. The fourth-order valence-electron chi connectivity index (χ4n) is 2.49. The predicted molar refractivity (Wildman–Crippen MR) is 85.4 cm³/mol. The van der Waals surface area contributed by atoms with Crippen molar-refractivity contribution in [2.75, 3.05) is 12.8 Å². The molecule has 0 aliphatic rings. The van der Waals surface area contributed by atoms with Gasteiger partial charge in [0.2, 0.25) is 5.88 Å². The molecule has 0 radical (unpaired) electrons. The van der Waals surface area contributed by atoms with E-state index in [0.29, 0.717) is 5.88 Å². The molecule has 0 saturated carbocycles. The maximum absolute atomic E-state index is 5.95. The lowest BCUT2D eigenvalue weighted by Gasteiger charge is -2.05. The zero-order chi connectivity index (χ0) is 15.1. The summed E-state index contributed by atoms with van der Waals surface area (Å²) in [5.74, 6) is 1.19. The van der Waals surface area contributed by atoms with Gasteiger partial charge in [0.1, 0.15) is 5.75 Å². The summed E-state index contributed by atoms with van der Waals surface area (Å²) >= 11 is 0. The highest BCUT2D eigenvalue weighted by Gasteiger charge is 2.15. The minimum Gasteiger partial charge on any atom is -0.497 e. The van der Waals surface area contributed by atoms with Gasteiger partial charge in [-0.05, 0) is 30.5 Å². The number of unbranched alkanes of at least 4 members (excludes halogenated alkanes) is 4. The van der Waals surface area contributed by atoms with Gasteiger partial charge in [-0.3, -0.25) is 0 Å². The zero-order valence-electron chi connectivity index (χ0n) is 12.9. The van der Waals surface area contributed by atoms with Crippen LogP contribution in [0.3, 0.4) is 0 Å². The first-order chi connectivity index (χ1) is 10.3. The lowest BCUT2D eigenvalue weighted by molar-refractivity contribution is 0.415. The summed E-state index contributed by atoms with van der Waals surface area (Å²) in [7, 11) is 1.66. The molecule has 0 aliphatic heterocycles. The molecule has 0 amide bonds. The largest absolute Gasteiger partial charge is 0.497 e. The summed E-state index contributed by atoms with van der Waals surface area (Å²) < 4.78 is 10.5. The van der Waals surface area contributed by atoms with Crippen molar-refractivity contribution in [3.8, 4) is 16.9 Å². The van der Waals surface area contributed by atoms with E-state index in [1.165, 1.54) is 25.7 Å². The van der Waals surface area contributed by atoms with Crippen molar-refractivity contribution in [1.82, 2.24) is 5.16 Å². The van der Waals surface area contributed by atoms with E-state index in [9.17, 15) is 0 Å². The highest BCUT2D eigenvalue weighted by Crippen LogP contribution is 2.32. The Morgan fingerprint density at radius 1 is 1.19 bits per heavy atom. The summed E-state index contributed by atoms with van der Waals surface area (Å²) in [4.78, 5) is 0. The average Bonchev–Trinajstić information content (AvgIpc) is 2.88. The maximum Gasteiger partial charge on any atom is 0.230 e. The van der Waals surface area contributed by atoms with E-state index in [1.54, 1.807) is 7.11 Å². The lowest BCUT2D eigenvalue weighted by atomic mass is 10.0. The molecule has 0 saturated heterocycles. The first-order valence-corrected chi connectivity index (χ1v) is 7.64. The summed E-state index contributed by atoms with van der Waals surface area (Å²) in [6.45, 7) is 2.22. The second-order valence-corrected chi connectivity index (χ2v) is 5.26. The first-order valence-electron chi connectivity index (χ1n) is 7.64. The number of aryl methyl sites for hydroxylation is 1. The van der Waals surface area contributed by atoms with Crippen LogP contribution in [0.15, 0.2) is 28.8 Å². The summed E-state index contributed by atoms with van der Waals surface area (Å²) in [5.41, 5.74) is 8.79. The number of hydrogen-bond donors (Lipinski definition) is 1. The Bertz CT molecular complexity index is 564. The molecule has 1 aromatic heterocycles. The third kappa shape index (κ3) is 4.00. The number of methoxy groups -OCH3 is 1. The molecule has 0 unspecified atom stereocenters. The maximum atomic E-state index is 5.95. The molecule has 0 fully saturated rings. The van der Waals surface area contributed by atoms with Crippen molar-refractivity contribution < 1.29 is 9.26 Å². The molecule has 0 aliphatic carbocycles. The Balaban J connectivity index is 2.10. The second-order valence-electron chi connectivity index (χ2n) is 5.26. The van der Waals surface area contributed by atoms with Gasteiger partial charge in [-0.15, -0.1) is 0 Å². The Kier molecular flexibility index (Phi) is 5.67. The standard InChI is InChI=1S/C17H24N2O2/c1-3-4-5-6-7-11-15-16(17(18)21-19-15)13-9-8-10-14(12-13)20-2/h8-10,12H,3-7,11,18H2,1-2H3.